The van der Waals surface area contributed by atoms with E-state index in [1.807, 2.05) is 32.1 Å². The Morgan fingerprint density at radius 1 is 0.608 bits per heavy atom. The van der Waals surface area contributed by atoms with Crippen LogP contribution in [-0.2, 0) is 0 Å². The zero-order valence-electron chi connectivity index (χ0n) is 30.7. The van der Waals surface area contributed by atoms with Crippen molar-refractivity contribution in [1.82, 2.24) is 0 Å². The number of hydrogen-bond acceptors (Lipinski definition) is 1. The maximum absolute atomic E-state index is 5.04. The Bertz CT molecular complexity index is 2370. The Balaban J connectivity index is 0.000000503. The molecule has 0 bridgehead atoms. The van der Waals surface area contributed by atoms with Crippen LogP contribution in [0.1, 0.15) is 40.2 Å². The minimum absolute atomic E-state index is 0.413. The van der Waals surface area contributed by atoms with Gasteiger partial charge in [-0.3, -0.25) is 4.99 Å². The Kier molecular flexibility index (Phi) is 10.9. The second kappa shape index (κ2) is 15.8. The van der Waals surface area contributed by atoms with Crippen LogP contribution >= 0.6 is 0 Å². The number of fused-ring (bicyclic) bond motifs is 3. The number of allylic oxidation sites excluding steroid dienone is 5. The van der Waals surface area contributed by atoms with Gasteiger partial charge in [-0.25, -0.2) is 0 Å². The molecule has 0 spiro atoms. The molecule has 0 aromatic heterocycles. The molecule has 0 N–H and O–H groups in total. The molecule has 7 rings (SSSR count). The molecule has 0 aliphatic rings. The van der Waals surface area contributed by atoms with Crippen molar-refractivity contribution in [2.75, 3.05) is 0 Å². The molecule has 0 heterocycles. The van der Waals surface area contributed by atoms with Crippen LogP contribution < -0.4 is 0 Å². The van der Waals surface area contributed by atoms with Gasteiger partial charge in [0.1, 0.15) is 0 Å². The minimum atomic E-state index is 0.413. The molecule has 1 nitrogen and oxygen atoms in total. The van der Waals surface area contributed by atoms with E-state index >= 15 is 0 Å². The van der Waals surface area contributed by atoms with Crippen LogP contribution in [0.15, 0.2) is 175 Å². The van der Waals surface area contributed by atoms with E-state index in [0.29, 0.717) is 5.92 Å². The molecule has 0 saturated carbocycles. The fourth-order valence-electron chi connectivity index (χ4n) is 6.75. The lowest BCUT2D eigenvalue weighted by Crippen LogP contribution is -2.00. The highest BCUT2D eigenvalue weighted by molar-refractivity contribution is 6.21. The van der Waals surface area contributed by atoms with Crippen molar-refractivity contribution in [1.29, 1.82) is 0 Å². The predicted molar refractivity (Wildman–Crippen MR) is 226 cm³/mol. The molecule has 0 atom stereocenters. The molecule has 7 aromatic carbocycles. The average molecular weight is 662 g/mol. The third-order valence-corrected chi connectivity index (χ3v) is 9.65. The summed E-state index contributed by atoms with van der Waals surface area (Å²) in [4.78, 5) is 5.04. The molecule has 252 valence electrons. The average Bonchev–Trinajstić information content (AvgIpc) is 3.15. The molecule has 51 heavy (non-hydrogen) atoms. The molecule has 0 unspecified atom stereocenters. The summed E-state index contributed by atoms with van der Waals surface area (Å²) in [5.41, 5.74) is 12.1. The zero-order chi connectivity index (χ0) is 35.9. The summed E-state index contributed by atoms with van der Waals surface area (Å²) in [5.74, 6) is 0.413. The summed E-state index contributed by atoms with van der Waals surface area (Å²) in [6.45, 7) is 16.3. The highest BCUT2D eigenvalue weighted by atomic mass is 14.7. The number of aliphatic imine (C=N–C) groups is 1. The van der Waals surface area contributed by atoms with Crippen molar-refractivity contribution in [2.45, 2.75) is 41.5 Å². The number of hydrogen-bond donors (Lipinski definition) is 0. The summed E-state index contributed by atoms with van der Waals surface area (Å²) in [5, 5.41) is 7.59. The first-order chi connectivity index (χ1) is 24.8. The van der Waals surface area contributed by atoms with E-state index in [4.69, 9.17) is 4.99 Å². The standard InChI is InChI=1S/C42H35N.C8H12/c1-27(2)29(4)43-40-26-33(21-20-28(40)3)42-38-17-9-7-15-36(38)41(37-16-8-10-18-39(37)42)32-24-22-31(23-25-32)35-19-11-13-30-12-5-6-14-34(30)35;1-4-6-8(3)7-5-2/h5-27H,1-4H3;4-7H,1H2,2-3H3/b;7-5-,8-6-. The molecule has 7 aromatic rings. The summed E-state index contributed by atoms with van der Waals surface area (Å²) < 4.78 is 0. The van der Waals surface area contributed by atoms with Gasteiger partial charge in [-0.1, -0.05) is 178 Å². The molecule has 0 radical (unpaired) electrons. The monoisotopic (exact) mass is 661 g/mol. The van der Waals surface area contributed by atoms with Gasteiger partial charge in [0.15, 0.2) is 0 Å². The van der Waals surface area contributed by atoms with Gasteiger partial charge in [0.25, 0.3) is 0 Å². The zero-order valence-corrected chi connectivity index (χ0v) is 30.7. The molecule has 0 amide bonds. The highest BCUT2D eigenvalue weighted by Gasteiger charge is 2.17. The van der Waals surface area contributed by atoms with Gasteiger partial charge in [-0.2, -0.15) is 0 Å². The van der Waals surface area contributed by atoms with E-state index < -0.39 is 0 Å². The fourth-order valence-corrected chi connectivity index (χ4v) is 6.75. The van der Waals surface area contributed by atoms with Crippen LogP contribution in [0.4, 0.5) is 5.69 Å². The van der Waals surface area contributed by atoms with Crippen LogP contribution in [0.3, 0.4) is 0 Å². The van der Waals surface area contributed by atoms with E-state index in [9.17, 15) is 0 Å². The molecule has 0 aliphatic heterocycles. The molecule has 1 heteroatoms. The first-order valence-corrected chi connectivity index (χ1v) is 17.9. The number of rotatable bonds is 7. The Hall–Kier alpha value is -5.79. The number of aryl methyl sites for hydroxylation is 1. The van der Waals surface area contributed by atoms with Crippen molar-refractivity contribution in [3.05, 3.63) is 175 Å². The quantitative estimate of drug-likeness (QED) is 0.0916. The Morgan fingerprint density at radius 2 is 1.12 bits per heavy atom. The predicted octanol–water partition coefficient (Wildman–Crippen LogP) is 14.9. The van der Waals surface area contributed by atoms with Crippen LogP contribution in [0.5, 0.6) is 0 Å². The van der Waals surface area contributed by atoms with E-state index in [-0.39, 0.29) is 0 Å². The van der Waals surface area contributed by atoms with Gasteiger partial charge >= 0.3 is 0 Å². The molecular weight excluding hydrogens is 615 g/mol. The lowest BCUT2D eigenvalue weighted by molar-refractivity contribution is 0.878. The van der Waals surface area contributed by atoms with Crippen LogP contribution in [0.25, 0.3) is 65.7 Å². The normalized spacial score (nSPS) is 12.1. The maximum atomic E-state index is 5.04. The van der Waals surface area contributed by atoms with Crippen molar-refractivity contribution >= 4 is 43.7 Å². The van der Waals surface area contributed by atoms with Crippen molar-refractivity contribution < 1.29 is 0 Å². The van der Waals surface area contributed by atoms with E-state index in [0.717, 1.165) is 11.4 Å². The summed E-state index contributed by atoms with van der Waals surface area (Å²) in [6.07, 6.45) is 7.81. The summed E-state index contributed by atoms with van der Waals surface area (Å²) >= 11 is 0. The Morgan fingerprint density at radius 3 is 1.69 bits per heavy atom. The van der Waals surface area contributed by atoms with Gasteiger partial charge in [-0.15, -0.1) is 0 Å². The lowest BCUT2D eigenvalue weighted by atomic mass is 9.85. The van der Waals surface area contributed by atoms with Gasteiger partial charge in [0.05, 0.1) is 5.69 Å². The van der Waals surface area contributed by atoms with Crippen LogP contribution in [-0.4, -0.2) is 5.71 Å². The largest absolute Gasteiger partial charge is 0.258 e. The van der Waals surface area contributed by atoms with E-state index in [1.54, 1.807) is 6.08 Å². The fraction of sp³-hybridized carbons (Fsp3) is 0.140. The van der Waals surface area contributed by atoms with E-state index in [1.165, 1.54) is 76.8 Å². The highest BCUT2D eigenvalue weighted by Crippen LogP contribution is 2.45. The SMILES string of the molecule is C=C/C=C(C)\C=C/C.CC(=Nc1cc(-c2c3ccccc3c(-c3ccc(-c4cccc5ccccc45)cc3)c3ccccc23)ccc1C)C(C)C. The second-order valence-electron chi connectivity index (χ2n) is 13.5. The lowest BCUT2D eigenvalue weighted by Gasteiger charge is -2.18. The maximum Gasteiger partial charge on any atom is 0.0664 e. The smallest absolute Gasteiger partial charge is 0.0664 e. The first kappa shape index (κ1) is 35.1. The molecular formula is C50H47N. The Labute approximate surface area is 304 Å². The van der Waals surface area contributed by atoms with Gasteiger partial charge < -0.3 is 0 Å². The molecule has 0 saturated heterocycles. The van der Waals surface area contributed by atoms with Gasteiger partial charge in [-0.05, 0) is 111 Å². The molecule has 0 fully saturated rings. The molecule has 0 aliphatic carbocycles. The van der Waals surface area contributed by atoms with Gasteiger partial charge in [0.2, 0.25) is 0 Å². The van der Waals surface area contributed by atoms with Crippen molar-refractivity contribution in [2.24, 2.45) is 10.9 Å². The second-order valence-corrected chi connectivity index (χ2v) is 13.5. The van der Waals surface area contributed by atoms with Crippen molar-refractivity contribution in [3.8, 4) is 33.4 Å². The van der Waals surface area contributed by atoms with E-state index in [2.05, 4.69) is 168 Å². The topological polar surface area (TPSA) is 12.4 Å². The third kappa shape index (κ3) is 7.54. The number of benzene rings is 7. The third-order valence-electron chi connectivity index (χ3n) is 9.65. The van der Waals surface area contributed by atoms with Gasteiger partial charge in [0, 0.05) is 5.71 Å². The summed E-state index contributed by atoms with van der Waals surface area (Å²) in [7, 11) is 0. The van der Waals surface area contributed by atoms with Crippen LogP contribution in [0, 0.1) is 12.8 Å². The summed E-state index contributed by atoms with van der Waals surface area (Å²) in [6, 6.07) is 48.8. The van der Waals surface area contributed by atoms with Crippen molar-refractivity contribution in [3.63, 3.8) is 0 Å². The first-order valence-electron chi connectivity index (χ1n) is 17.9. The number of nitrogens with zero attached hydrogens (tertiary/aromatic N) is 1. The minimum Gasteiger partial charge on any atom is -0.258 e. The van der Waals surface area contributed by atoms with Crippen LogP contribution in [0.2, 0.25) is 0 Å².